The zero-order valence-electron chi connectivity index (χ0n) is 16.7. The Bertz CT molecular complexity index is 667. The number of piperazine rings is 1. The second-order valence-electron chi connectivity index (χ2n) is 7.99. The molecular formula is C21H31N3O4. The lowest BCUT2D eigenvalue weighted by molar-refractivity contribution is -0.141. The second-order valence-corrected chi connectivity index (χ2v) is 7.99. The largest absolute Gasteiger partial charge is 0.460 e. The van der Waals surface area contributed by atoms with E-state index in [1.807, 2.05) is 0 Å². The molecule has 4 aliphatic rings. The summed E-state index contributed by atoms with van der Waals surface area (Å²) in [6.45, 7) is 9.53. The van der Waals surface area contributed by atoms with Crippen molar-refractivity contribution in [3.8, 4) is 0 Å². The molecule has 0 aromatic heterocycles. The molecular weight excluding hydrogens is 358 g/mol. The summed E-state index contributed by atoms with van der Waals surface area (Å²) in [7, 11) is 0. The summed E-state index contributed by atoms with van der Waals surface area (Å²) in [5.41, 5.74) is 0.944. The molecule has 2 bridgehead atoms. The van der Waals surface area contributed by atoms with Crippen molar-refractivity contribution < 1.29 is 19.1 Å². The summed E-state index contributed by atoms with van der Waals surface area (Å²) in [6, 6.07) is 0. The average Bonchev–Trinajstić information content (AvgIpc) is 2.77. The maximum Gasteiger partial charge on any atom is 0.310 e. The first-order valence-electron chi connectivity index (χ1n) is 10.3. The fraction of sp³-hybridized carbons (Fsp3) is 0.667. The first-order valence-corrected chi connectivity index (χ1v) is 10.3. The number of ketones is 2. The van der Waals surface area contributed by atoms with Crippen LogP contribution in [0.3, 0.4) is 0 Å². The van der Waals surface area contributed by atoms with Crippen LogP contribution < -0.4 is 10.6 Å². The third-order valence-electron chi connectivity index (χ3n) is 5.85. The van der Waals surface area contributed by atoms with Crippen molar-refractivity contribution in [1.29, 1.82) is 0 Å². The van der Waals surface area contributed by atoms with E-state index >= 15 is 0 Å². The number of piperidine rings is 1. The molecule has 3 heterocycles. The van der Waals surface area contributed by atoms with Crippen LogP contribution in [0.25, 0.3) is 0 Å². The van der Waals surface area contributed by atoms with Gasteiger partial charge in [0, 0.05) is 36.3 Å². The van der Waals surface area contributed by atoms with E-state index in [0.717, 1.165) is 13.1 Å². The second kappa shape index (κ2) is 9.58. The number of likely N-dealkylation sites (tertiary alicyclic amines) is 1. The molecule has 0 aromatic rings. The Balaban J connectivity index is 0.000000162. The number of carbonyl (C=O) groups excluding carboxylic acids is 3. The predicted molar refractivity (Wildman–Crippen MR) is 106 cm³/mol. The van der Waals surface area contributed by atoms with Gasteiger partial charge in [0.2, 0.25) is 0 Å². The fourth-order valence-electron chi connectivity index (χ4n) is 4.07. The molecule has 7 nitrogen and oxygen atoms in total. The molecule has 4 rings (SSSR count). The van der Waals surface area contributed by atoms with Crippen molar-refractivity contribution in [3.63, 3.8) is 0 Å². The van der Waals surface area contributed by atoms with E-state index in [0.29, 0.717) is 5.54 Å². The highest BCUT2D eigenvalue weighted by Crippen LogP contribution is 2.23. The molecule has 0 radical (unpaired) electrons. The van der Waals surface area contributed by atoms with Crippen LogP contribution in [0.15, 0.2) is 23.3 Å². The van der Waals surface area contributed by atoms with Crippen LogP contribution in [-0.2, 0) is 19.1 Å². The minimum Gasteiger partial charge on any atom is -0.460 e. The van der Waals surface area contributed by atoms with E-state index in [1.165, 1.54) is 64.0 Å². The van der Waals surface area contributed by atoms with E-state index in [-0.39, 0.29) is 35.7 Å². The summed E-state index contributed by atoms with van der Waals surface area (Å²) in [5.74, 6) is -0.953. The molecule has 7 heteroatoms. The Morgan fingerprint density at radius 1 is 1.11 bits per heavy atom. The fourth-order valence-corrected chi connectivity index (χ4v) is 4.07. The number of Topliss-reactive ketones (excluding diaryl/α,β-unsaturated/α-hetero) is 1. The Morgan fingerprint density at radius 3 is 2.54 bits per heavy atom. The molecule has 3 aliphatic heterocycles. The van der Waals surface area contributed by atoms with E-state index in [4.69, 9.17) is 4.74 Å². The van der Waals surface area contributed by atoms with Gasteiger partial charge in [-0.05, 0) is 51.0 Å². The smallest absolute Gasteiger partial charge is 0.310 e. The SMILES string of the molecule is CCCCN1CCC2(CC1)CNCCN2.O=C1C=C2COC(=O)CC(=C1)C2=O. The van der Waals surface area contributed by atoms with Crippen molar-refractivity contribution in [1.82, 2.24) is 15.5 Å². The predicted octanol–water partition coefficient (Wildman–Crippen LogP) is 0.752. The van der Waals surface area contributed by atoms with E-state index in [2.05, 4.69) is 22.5 Å². The zero-order chi connectivity index (χ0) is 20.0. The summed E-state index contributed by atoms with van der Waals surface area (Å²) in [5, 5.41) is 7.24. The third-order valence-corrected chi connectivity index (χ3v) is 5.85. The van der Waals surface area contributed by atoms with Gasteiger partial charge in [0.1, 0.15) is 6.61 Å². The topological polar surface area (TPSA) is 87.7 Å². The van der Waals surface area contributed by atoms with Crippen LogP contribution >= 0.6 is 0 Å². The number of nitrogens with one attached hydrogen (secondary N) is 2. The molecule has 3 fully saturated rings. The van der Waals surface area contributed by atoms with Crippen molar-refractivity contribution in [2.45, 2.75) is 44.6 Å². The number of allylic oxidation sites excluding steroid dienone is 2. The van der Waals surface area contributed by atoms with E-state index in [1.54, 1.807) is 0 Å². The lowest BCUT2D eigenvalue weighted by Gasteiger charge is -2.45. The first-order chi connectivity index (χ1) is 13.5. The Labute approximate surface area is 166 Å². The molecule has 28 heavy (non-hydrogen) atoms. The lowest BCUT2D eigenvalue weighted by Crippen LogP contribution is -2.63. The van der Waals surface area contributed by atoms with Gasteiger partial charge >= 0.3 is 5.97 Å². The van der Waals surface area contributed by atoms with Crippen LogP contribution in [0.2, 0.25) is 0 Å². The minimum atomic E-state index is -0.460. The number of nitrogens with zero attached hydrogens (tertiary/aromatic N) is 1. The number of esters is 1. The summed E-state index contributed by atoms with van der Waals surface area (Å²) in [4.78, 5) is 36.0. The van der Waals surface area contributed by atoms with E-state index in [9.17, 15) is 14.4 Å². The lowest BCUT2D eigenvalue weighted by atomic mass is 9.86. The molecule has 1 aliphatic carbocycles. The van der Waals surface area contributed by atoms with Crippen molar-refractivity contribution in [3.05, 3.63) is 23.3 Å². The molecule has 3 saturated heterocycles. The summed E-state index contributed by atoms with van der Waals surface area (Å²) >= 11 is 0. The summed E-state index contributed by atoms with van der Waals surface area (Å²) in [6.07, 6.45) is 7.64. The van der Waals surface area contributed by atoms with Crippen LogP contribution in [0.1, 0.15) is 39.0 Å². The number of unbranched alkanes of at least 4 members (excludes halogenated alkanes) is 1. The Kier molecular flexibility index (Phi) is 7.15. The monoisotopic (exact) mass is 389 g/mol. The molecule has 0 unspecified atom stereocenters. The van der Waals surface area contributed by atoms with Gasteiger partial charge < -0.3 is 20.3 Å². The maximum atomic E-state index is 11.4. The highest BCUT2D eigenvalue weighted by atomic mass is 16.5. The number of ether oxygens (including phenoxy) is 1. The standard InChI is InChI=1S/C12H25N3.C9H6O4/c1-2-3-8-15-9-4-12(5-10-15)11-13-6-7-14-12;10-7-1-5-3-8(11)13-4-6(2-7)9(5)12/h13-14H,2-11H2,1H3;1-2H,3-4H2. The number of carbonyl (C=O) groups is 3. The number of hydrogen-bond acceptors (Lipinski definition) is 7. The van der Waals surface area contributed by atoms with Crippen LogP contribution in [0.4, 0.5) is 0 Å². The zero-order valence-corrected chi connectivity index (χ0v) is 16.7. The maximum absolute atomic E-state index is 11.4. The van der Waals surface area contributed by atoms with Crippen LogP contribution in [-0.4, -0.2) is 73.9 Å². The van der Waals surface area contributed by atoms with Gasteiger partial charge in [0.15, 0.2) is 11.6 Å². The highest BCUT2D eigenvalue weighted by Gasteiger charge is 2.35. The number of fused-ring (bicyclic) bond motifs is 2. The van der Waals surface area contributed by atoms with Gasteiger partial charge in [0.05, 0.1) is 6.42 Å². The normalized spacial score (nSPS) is 24.5. The quantitative estimate of drug-likeness (QED) is 0.544. The third kappa shape index (κ3) is 5.37. The molecule has 2 N–H and O–H groups in total. The summed E-state index contributed by atoms with van der Waals surface area (Å²) < 4.78 is 4.71. The average molecular weight is 389 g/mol. The van der Waals surface area contributed by atoms with Gasteiger partial charge in [0.25, 0.3) is 0 Å². The van der Waals surface area contributed by atoms with Crippen molar-refractivity contribution >= 4 is 17.5 Å². The van der Waals surface area contributed by atoms with Gasteiger partial charge in [-0.15, -0.1) is 0 Å². The van der Waals surface area contributed by atoms with Crippen molar-refractivity contribution in [2.75, 3.05) is 45.9 Å². The Hall–Kier alpha value is -1.83. The first kappa shape index (κ1) is 20.9. The molecule has 1 spiro atoms. The van der Waals surface area contributed by atoms with E-state index < -0.39 is 5.97 Å². The van der Waals surface area contributed by atoms with Crippen molar-refractivity contribution in [2.24, 2.45) is 0 Å². The molecule has 0 aromatic carbocycles. The molecule has 0 saturated carbocycles. The molecule has 0 atom stereocenters. The number of hydrogen-bond donors (Lipinski definition) is 2. The highest BCUT2D eigenvalue weighted by molar-refractivity contribution is 6.22. The van der Waals surface area contributed by atoms with Crippen LogP contribution in [0, 0.1) is 0 Å². The van der Waals surface area contributed by atoms with Gasteiger partial charge in [-0.3, -0.25) is 14.4 Å². The van der Waals surface area contributed by atoms with Gasteiger partial charge in [-0.25, -0.2) is 0 Å². The van der Waals surface area contributed by atoms with Gasteiger partial charge in [-0.2, -0.15) is 0 Å². The number of cyclic esters (lactones) is 1. The molecule has 0 amide bonds. The minimum absolute atomic E-state index is 0.0826. The number of rotatable bonds is 3. The van der Waals surface area contributed by atoms with Gasteiger partial charge in [-0.1, -0.05) is 13.3 Å². The Morgan fingerprint density at radius 2 is 1.86 bits per heavy atom. The van der Waals surface area contributed by atoms with Crippen LogP contribution in [0.5, 0.6) is 0 Å². The molecule has 154 valence electrons.